The molecule has 0 saturated carbocycles. The van der Waals surface area contributed by atoms with Crippen LogP contribution in [0.2, 0.25) is 0 Å². The number of nitrogens with zero attached hydrogens (tertiary/aromatic N) is 3. The maximum Gasteiger partial charge on any atom is 0.257 e. The zero-order valence-corrected chi connectivity index (χ0v) is 12.8. The summed E-state index contributed by atoms with van der Waals surface area (Å²) in [4.78, 5) is 4.33. The highest BCUT2D eigenvalue weighted by Gasteiger charge is 2.03. The van der Waals surface area contributed by atoms with Gasteiger partial charge < -0.3 is 5.32 Å². The summed E-state index contributed by atoms with van der Waals surface area (Å²) >= 11 is 1.29. The van der Waals surface area contributed by atoms with E-state index in [0.717, 1.165) is 16.4 Å². The van der Waals surface area contributed by atoms with E-state index in [1.54, 1.807) is 6.21 Å². The summed E-state index contributed by atoms with van der Waals surface area (Å²) in [6.07, 6.45) is 1.73. The lowest BCUT2D eigenvalue weighted by Gasteiger charge is -2.01. The standard InChI is InChI=1S/C16H15N5S/c1-12-7-9-14(10-8-12)18-16-19-15(21-22-16)20-17-11-13-5-3-2-4-6-13/h2-11H,1H3,(H2,18,19,20,21)/b17-11+. The van der Waals surface area contributed by atoms with Crippen LogP contribution in [0, 0.1) is 6.92 Å². The Morgan fingerprint density at radius 2 is 1.82 bits per heavy atom. The molecule has 2 N–H and O–H groups in total. The van der Waals surface area contributed by atoms with Crippen LogP contribution < -0.4 is 10.7 Å². The Bertz CT molecular complexity index is 750. The molecule has 5 nitrogen and oxygen atoms in total. The lowest BCUT2D eigenvalue weighted by Crippen LogP contribution is -1.93. The number of nitrogens with one attached hydrogen (secondary N) is 2. The van der Waals surface area contributed by atoms with E-state index in [1.165, 1.54) is 17.1 Å². The predicted octanol–water partition coefficient (Wildman–Crippen LogP) is 4.04. The van der Waals surface area contributed by atoms with Crippen LogP contribution in [-0.2, 0) is 0 Å². The molecule has 0 aliphatic rings. The Labute approximate surface area is 132 Å². The summed E-state index contributed by atoms with van der Waals surface area (Å²) in [6.45, 7) is 2.06. The van der Waals surface area contributed by atoms with Crippen molar-refractivity contribution in [3.8, 4) is 0 Å². The number of benzene rings is 2. The fourth-order valence-corrected chi connectivity index (χ4v) is 2.33. The summed E-state index contributed by atoms with van der Waals surface area (Å²) in [5, 5.41) is 8.06. The summed E-state index contributed by atoms with van der Waals surface area (Å²) < 4.78 is 4.20. The van der Waals surface area contributed by atoms with Gasteiger partial charge in [-0.25, -0.2) is 5.43 Å². The SMILES string of the molecule is Cc1ccc(Nc2nc(N/N=C/c3ccccc3)ns2)cc1. The van der Waals surface area contributed by atoms with Crippen LogP contribution >= 0.6 is 11.5 Å². The third-order valence-corrected chi connectivity index (χ3v) is 3.54. The molecule has 0 aliphatic heterocycles. The Kier molecular flexibility index (Phi) is 4.41. The first-order valence-corrected chi connectivity index (χ1v) is 7.58. The van der Waals surface area contributed by atoms with E-state index >= 15 is 0 Å². The number of hydrazone groups is 1. The number of hydrogen-bond donors (Lipinski definition) is 2. The second kappa shape index (κ2) is 6.82. The van der Waals surface area contributed by atoms with Crippen LogP contribution in [0.1, 0.15) is 11.1 Å². The Morgan fingerprint density at radius 1 is 1.05 bits per heavy atom. The molecule has 2 aromatic carbocycles. The van der Waals surface area contributed by atoms with Crippen molar-refractivity contribution in [2.45, 2.75) is 6.92 Å². The topological polar surface area (TPSA) is 62.2 Å². The van der Waals surface area contributed by atoms with Crippen molar-refractivity contribution in [2.24, 2.45) is 5.10 Å². The zero-order valence-electron chi connectivity index (χ0n) is 12.0. The smallest absolute Gasteiger partial charge is 0.257 e. The van der Waals surface area contributed by atoms with Crippen LogP contribution in [0.4, 0.5) is 16.8 Å². The molecular weight excluding hydrogens is 294 g/mol. The average Bonchev–Trinajstić information content (AvgIpc) is 2.98. The third-order valence-electron chi connectivity index (χ3n) is 2.91. The van der Waals surface area contributed by atoms with Gasteiger partial charge in [0.25, 0.3) is 5.95 Å². The van der Waals surface area contributed by atoms with Gasteiger partial charge in [0.15, 0.2) is 0 Å². The molecule has 0 bridgehead atoms. The van der Waals surface area contributed by atoms with Gasteiger partial charge in [-0.05, 0) is 24.6 Å². The molecule has 0 atom stereocenters. The Hall–Kier alpha value is -2.73. The van der Waals surface area contributed by atoms with Gasteiger partial charge in [-0.3, -0.25) is 0 Å². The maximum atomic E-state index is 4.33. The molecule has 22 heavy (non-hydrogen) atoms. The lowest BCUT2D eigenvalue weighted by molar-refractivity contribution is 1.21. The molecule has 0 spiro atoms. The van der Waals surface area contributed by atoms with Gasteiger partial charge in [0.05, 0.1) is 6.21 Å². The first-order valence-electron chi connectivity index (χ1n) is 6.81. The zero-order chi connectivity index (χ0) is 15.2. The highest BCUT2D eigenvalue weighted by Crippen LogP contribution is 2.20. The average molecular weight is 309 g/mol. The molecule has 0 saturated heterocycles. The molecule has 0 unspecified atom stereocenters. The highest BCUT2D eigenvalue weighted by atomic mass is 32.1. The van der Waals surface area contributed by atoms with E-state index in [1.807, 2.05) is 54.6 Å². The van der Waals surface area contributed by atoms with Crippen LogP contribution in [0.15, 0.2) is 59.7 Å². The van der Waals surface area contributed by atoms with Gasteiger partial charge in [-0.15, -0.1) is 4.37 Å². The predicted molar refractivity (Wildman–Crippen MR) is 92.0 cm³/mol. The van der Waals surface area contributed by atoms with Crippen molar-refractivity contribution in [2.75, 3.05) is 10.7 Å². The van der Waals surface area contributed by atoms with Crippen molar-refractivity contribution >= 4 is 34.5 Å². The van der Waals surface area contributed by atoms with Gasteiger partial charge in [-0.2, -0.15) is 10.1 Å². The van der Waals surface area contributed by atoms with Gasteiger partial charge >= 0.3 is 0 Å². The highest BCUT2D eigenvalue weighted by molar-refractivity contribution is 7.10. The minimum atomic E-state index is 0.479. The summed E-state index contributed by atoms with van der Waals surface area (Å²) in [7, 11) is 0. The minimum Gasteiger partial charge on any atom is -0.330 e. The van der Waals surface area contributed by atoms with E-state index in [-0.39, 0.29) is 0 Å². The van der Waals surface area contributed by atoms with E-state index < -0.39 is 0 Å². The molecule has 6 heteroatoms. The van der Waals surface area contributed by atoms with Crippen molar-refractivity contribution < 1.29 is 0 Å². The van der Waals surface area contributed by atoms with Gasteiger partial charge in [0.2, 0.25) is 5.13 Å². The fourth-order valence-electron chi connectivity index (χ4n) is 1.78. The molecule has 0 amide bonds. The van der Waals surface area contributed by atoms with Crippen molar-refractivity contribution in [1.29, 1.82) is 0 Å². The molecule has 110 valence electrons. The summed E-state index contributed by atoms with van der Waals surface area (Å²) in [5.41, 5.74) is 6.05. The summed E-state index contributed by atoms with van der Waals surface area (Å²) in [6, 6.07) is 18.0. The van der Waals surface area contributed by atoms with Crippen LogP contribution in [0.3, 0.4) is 0 Å². The van der Waals surface area contributed by atoms with Crippen molar-refractivity contribution in [1.82, 2.24) is 9.36 Å². The largest absolute Gasteiger partial charge is 0.330 e. The quantitative estimate of drug-likeness (QED) is 0.551. The molecule has 1 heterocycles. The van der Waals surface area contributed by atoms with E-state index in [0.29, 0.717) is 5.95 Å². The Morgan fingerprint density at radius 3 is 2.59 bits per heavy atom. The van der Waals surface area contributed by atoms with E-state index in [9.17, 15) is 0 Å². The fraction of sp³-hybridized carbons (Fsp3) is 0.0625. The monoisotopic (exact) mass is 309 g/mol. The first kappa shape index (κ1) is 14.2. The maximum absolute atomic E-state index is 4.33. The number of hydrogen-bond acceptors (Lipinski definition) is 6. The van der Waals surface area contributed by atoms with Crippen LogP contribution in [0.25, 0.3) is 0 Å². The number of rotatable bonds is 5. The van der Waals surface area contributed by atoms with Crippen LogP contribution in [-0.4, -0.2) is 15.6 Å². The molecular formula is C16H15N5S. The molecule has 3 rings (SSSR count). The first-order chi connectivity index (χ1) is 10.8. The third kappa shape index (κ3) is 3.89. The van der Waals surface area contributed by atoms with Crippen LogP contribution in [0.5, 0.6) is 0 Å². The number of anilines is 3. The van der Waals surface area contributed by atoms with E-state index in [2.05, 4.69) is 32.1 Å². The molecule has 1 aromatic heterocycles. The van der Waals surface area contributed by atoms with Gasteiger partial charge in [0, 0.05) is 17.2 Å². The van der Waals surface area contributed by atoms with Gasteiger partial charge in [-0.1, -0.05) is 48.0 Å². The van der Waals surface area contributed by atoms with E-state index in [4.69, 9.17) is 0 Å². The minimum absolute atomic E-state index is 0.479. The molecule has 3 aromatic rings. The second-order valence-corrected chi connectivity index (χ2v) is 5.45. The number of aryl methyl sites for hydroxylation is 1. The van der Waals surface area contributed by atoms with Crippen molar-refractivity contribution in [3.05, 3.63) is 65.7 Å². The van der Waals surface area contributed by atoms with Crippen molar-refractivity contribution in [3.63, 3.8) is 0 Å². The number of aromatic nitrogens is 2. The second-order valence-electron chi connectivity index (χ2n) is 4.69. The molecule has 0 radical (unpaired) electrons. The van der Waals surface area contributed by atoms with Gasteiger partial charge in [0.1, 0.15) is 0 Å². The normalized spacial score (nSPS) is 10.8. The Balaban J connectivity index is 1.59. The molecule has 0 fully saturated rings. The summed E-state index contributed by atoms with van der Waals surface area (Å²) in [5.74, 6) is 0.479. The lowest BCUT2D eigenvalue weighted by atomic mass is 10.2. The molecule has 0 aliphatic carbocycles.